The summed E-state index contributed by atoms with van der Waals surface area (Å²) in [7, 11) is 0. The number of halogens is 3. The van der Waals surface area contributed by atoms with Gasteiger partial charge in [0, 0.05) is 6.54 Å². The fourth-order valence-corrected chi connectivity index (χ4v) is 1.73. The van der Waals surface area contributed by atoms with Gasteiger partial charge in [-0.2, -0.15) is 18.3 Å². The van der Waals surface area contributed by atoms with Gasteiger partial charge >= 0.3 is 6.18 Å². The van der Waals surface area contributed by atoms with Gasteiger partial charge in [-0.3, -0.25) is 5.43 Å². The molecule has 0 bridgehead atoms. The molecule has 3 nitrogen and oxygen atoms in total. The van der Waals surface area contributed by atoms with Crippen LogP contribution in [-0.2, 0) is 6.18 Å². The molecule has 0 aliphatic rings. The molecule has 0 saturated carbocycles. The maximum absolute atomic E-state index is 12.5. The first-order chi connectivity index (χ1) is 9.93. The van der Waals surface area contributed by atoms with E-state index in [4.69, 9.17) is 12.2 Å². The molecule has 116 valence electrons. The van der Waals surface area contributed by atoms with Crippen LogP contribution < -0.4 is 10.7 Å². The fraction of sp³-hybridized carbons (Fsp3) is 0.429. The predicted molar refractivity (Wildman–Crippen MR) is 82.3 cm³/mol. The van der Waals surface area contributed by atoms with E-state index in [1.54, 1.807) is 0 Å². The van der Waals surface area contributed by atoms with E-state index >= 15 is 0 Å². The number of unbranched alkanes of at least 4 members (excludes halogenated alkanes) is 2. The summed E-state index contributed by atoms with van der Waals surface area (Å²) in [5.41, 5.74) is 2.23. The topological polar surface area (TPSA) is 36.4 Å². The molecule has 0 saturated heterocycles. The smallest absolute Gasteiger partial charge is 0.361 e. The zero-order valence-electron chi connectivity index (χ0n) is 11.7. The van der Waals surface area contributed by atoms with Gasteiger partial charge < -0.3 is 5.32 Å². The Morgan fingerprint density at radius 1 is 1.33 bits per heavy atom. The molecule has 21 heavy (non-hydrogen) atoms. The molecule has 0 fully saturated rings. The first kappa shape index (κ1) is 17.4. The normalized spacial score (nSPS) is 11.6. The SMILES string of the molecule is CCCCCNC(=S)N/N=C\c1cccc(C(F)(F)F)c1. The van der Waals surface area contributed by atoms with E-state index in [9.17, 15) is 13.2 Å². The number of thiocarbonyl (C=S) groups is 1. The van der Waals surface area contributed by atoms with E-state index < -0.39 is 11.7 Å². The largest absolute Gasteiger partial charge is 0.416 e. The Kier molecular flexibility index (Phi) is 7.14. The van der Waals surface area contributed by atoms with Gasteiger partial charge in [-0.05, 0) is 36.3 Å². The second kappa shape index (κ2) is 8.61. The molecule has 2 N–H and O–H groups in total. The number of nitrogens with zero attached hydrogens (tertiary/aromatic N) is 1. The summed E-state index contributed by atoms with van der Waals surface area (Å²) in [6.45, 7) is 2.86. The highest BCUT2D eigenvalue weighted by Gasteiger charge is 2.30. The molecule has 0 aromatic heterocycles. The Hall–Kier alpha value is -1.63. The highest BCUT2D eigenvalue weighted by molar-refractivity contribution is 7.80. The summed E-state index contributed by atoms with van der Waals surface area (Å²) in [6, 6.07) is 4.93. The third kappa shape index (κ3) is 7.08. The minimum Gasteiger partial charge on any atom is -0.361 e. The van der Waals surface area contributed by atoms with Crippen LogP contribution in [0.1, 0.15) is 37.3 Å². The van der Waals surface area contributed by atoms with Gasteiger partial charge in [0.15, 0.2) is 5.11 Å². The van der Waals surface area contributed by atoms with E-state index in [1.807, 2.05) is 0 Å². The summed E-state index contributed by atoms with van der Waals surface area (Å²) in [5.74, 6) is 0. The monoisotopic (exact) mass is 317 g/mol. The van der Waals surface area contributed by atoms with Crippen molar-refractivity contribution in [2.45, 2.75) is 32.4 Å². The number of benzene rings is 1. The molecule has 7 heteroatoms. The second-order valence-corrected chi connectivity index (χ2v) is 4.86. The molecule has 0 amide bonds. The van der Waals surface area contributed by atoms with Crippen LogP contribution in [0.5, 0.6) is 0 Å². The van der Waals surface area contributed by atoms with Gasteiger partial charge in [0.2, 0.25) is 0 Å². The summed E-state index contributed by atoms with van der Waals surface area (Å²) in [6.07, 6.45) is 0.191. The number of hydrogen-bond donors (Lipinski definition) is 2. The molecular formula is C14H18F3N3S. The van der Waals surface area contributed by atoms with E-state index in [1.165, 1.54) is 18.3 Å². The highest BCUT2D eigenvalue weighted by atomic mass is 32.1. The maximum Gasteiger partial charge on any atom is 0.416 e. The molecule has 0 unspecified atom stereocenters. The molecular weight excluding hydrogens is 299 g/mol. The minimum atomic E-state index is -4.35. The zero-order chi connectivity index (χ0) is 15.7. The van der Waals surface area contributed by atoms with Crippen molar-refractivity contribution < 1.29 is 13.2 Å². The third-order valence-corrected chi connectivity index (χ3v) is 2.90. The Bertz CT molecular complexity index is 487. The van der Waals surface area contributed by atoms with Crippen molar-refractivity contribution >= 4 is 23.5 Å². The Labute approximate surface area is 127 Å². The molecule has 0 aliphatic carbocycles. The van der Waals surface area contributed by atoms with E-state index in [2.05, 4.69) is 22.8 Å². The number of nitrogens with one attached hydrogen (secondary N) is 2. The summed E-state index contributed by atoms with van der Waals surface area (Å²) < 4.78 is 37.6. The van der Waals surface area contributed by atoms with Crippen molar-refractivity contribution in [1.82, 2.24) is 10.7 Å². The molecule has 1 rings (SSSR count). The third-order valence-electron chi connectivity index (χ3n) is 2.66. The average Bonchev–Trinajstić information content (AvgIpc) is 2.43. The summed E-state index contributed by atoms with van der Waals surface area (Å²) in [5, 5.41) is 7.14. The van der Waals surface area contributed by atoms with E-state index in [0.717, 1.165) is 37.9 Å². The van der Waals surface area contributed by atoms with Crippen LogP contribution in [0.25, 0.3) is 0 Å². The standard InChI is InChI=1S/C14H18F3N3S/c1-2-3-4-8-18-13(21)20-19-10-11-6-5-7-12(9-11)14(15,16)17/h5-7,9-10H,2-4,8H2,1H3,(H2,18,20,21)/b19-10-. The van der Waals surface area contributed by atoms with Crippen molar-refractivity contribution in [3.05, 3.63) is 35.4 Å². The molecule has 0 atom stereocenters. The fourth-order valence-electron chi connectivity index (χ4n) is 1.58. The number of hydrogen-bond acceptors (Lipinski definition) is 2. The number of hydrazone groups is 1. The van der Waals surface area contributed by atoms with Gasteiger partial charge in [-0.25, -0.2) is 0 Å². The Balaban J connectivity index is 2.45. The van der Waals surface area contributed by atoms with Crippen LogP contribution in [0.3, 0.4) is 0 Å². The molecule has 0 radical (unpaired) electrons. The number of alkyl halides is 3. The maximum atomic E-state index is 12.5. The zero-order valence-corrected chi connectivity index (χ0v) is 12.5. The van der Waals surface area contributed by atoms with Crippen LogP contribution in [-0.4, -0.2) is 17.9 Å². The lowest BCUT2D eigenvalue weighted by Gasteiger charge is -2.07. The first-order valence-electron chi connectivity index (χ1n) is 6.67. The van der Waals surface area contributed by atoms with Gasteiger partial charge in [0.25, 0.3) is 0 Å². The van der Waals surface area contributed by atoms with Gasteiger partial charge in [0.05, 0.1) is 11.8 Å². The van der Waals surface area contributed by atoms with Crippen LogP contribution in [0.2, 0.25) is 0 Å². The molecule has 0 aliphatic heterocycles. The van der Waals surface area contributed by atoms with Gasteiger partial charge in [-0.1, -0.05) is 31.9 Å². The van der Waals surface area contributed by atoms with Gasteiger partial charge in [0.1, 0.15) is 0 Å². The molecule has 0 heterocycles. The first-order valence-corrected chi connectivity index (χ1v) is 7.08. The number of rotatable bonds is 6. The van der Waals surface area contributed by atoms with Crippen molar-refractivity contribution in [2.75, 3.05) is 6.54 Å². The van der Waals surface area contributed by atoms with Crippen molar-refractivity contribution in [1.29, 1.82) is 0 Å². The van der Waals surface area contributed by atoms with Crippen LogP contribution in [0.15, 0.2) is 29.4 Å². The van der Waals surface area contributed by atoms with Crippen LogP contribution in [0.4, 0.5) is 13.2 Å². The Morgan fingerprint density at radius 2 is 2.10 bits per heavy atom. The van der Waals surface area contributed by atoms with Crippen LogP contribution in [0, 0.1) is 0 Å². The van der Waals surface area contributed by atoms with Crippen molar-refractivity contribution in [3.8, 4) is 0 Å². The molecule has 1 aromatic rings. The molecule has 1 aromatic carbocycles. The van der Waals surface area contributed by atoms with Crippen molar-refractivity contribution in [3.63, 3.8) is 0 Å². The van der Waals surface area contributed by atoms with Crippen LogP contribution >= 0.6 is 12.2 Å². The second-order valence-electron chi connectivity index (χ2n) is 4.46. The highest BCUT2D eigenvalue weighted by Crippen LogP contribution is 2.29. The summed E-state index contributed by atoms with van der Waals surface area (Å²) in [4.78, 5) is 0. The lowest BCUT2D eigenvalue weighted by atomic mass is 10.1. The summed E-state index contributed by atoms with van der Waals surface area (Å²) >= 11 is 4.99. The molecule has 0 spiro atoms. The predicted octanol–water partition coefficient (Wildman–Crippen LogP) is 3.69. The quantitative estimate of drug-likeness (QED) is 0.363. The van der Waals surface area contributed by atoms with E-state index in [-0.39, 0.29) is 0 Å². The van der Waals surface area contributed by atoms with E-state index in [0.29, 0.717) is 10.7 Å². The Morgan fingerprint density at radius 3 is 2.76 bits per heavy atom. The minimum absolute atomic E-state index is 0.353. The average molecular weight is 317 g/mol. The lowest BCUT2D eigenvalue weighted by molar-refractivity contribution is -0.137. The van der Waals surface area contributed by atoms with Gasteiger partial charge in [-0.15, -0.1) is 0 Å². The lowest BCUT2D eigenvalue weighted by Crippen LogP contribution is -2.32. The van der Waals surface area contributed by atoms with Crippen molar-refractivity contribution in [2.24, 2.45) is 5.10 Å².